The molecule has 7 heteroatoms. The lowest BCUT2D eigenvalue weighted by Crippen LogP contribution is -2.39. The molecule has 0 amide bonds. The molecule has 1 fully saturated rings. The lowest BCUT2D eigenvalue weighted by Gasteiger charge is -2.21. The van der Waals surface area contributed by atoms with Crippen LogP contribution in [0.4, 0.5) is 0 Å². The van der Waals surface area contributed by atoms with E-state index < -0.39 is 21.4 Å². The van der Waals surface area contributed by atoms with Crippen LogP contribution < -0.4 is 0 Å². The second kappa shape index (κ2) is 5.91. The fourth-order valence-electron chi connectivity index (χ4n) is 2.45. The summed E-state index contributed by atoms with van der Waals surface area (Å²) in [5.41, 5.74) is 0. The number of hydrogen-bond acceptors (Lipinski definition) is 5. The normalized spacial score (nSPS) is 19.4. The van der Waals surface area contributed by atoms with Crippen molar-refractivity contribution in [1.29, 1.82) is 0 Å². The minimum Gasteiger partial charge on any atom is -0.467 e. The van der Waals surface area contributed by atoms with Crippen LogP contribution in [0.5, 0.6) is 0 Å². The highest BCUT2D eigenvalue weighted by atomic mass is 32.2. The molecule has 3 rings (SSSR count). The van der Waals surface area contributed by atoms with Gasteiger partial charge in [0.25, 0.3) is 0 Å². The smallest absolute Gasteiger partial charge is 0.334 e. The van der Waals surface area contributed by atoms with Crippen LogP contribution in [0.3, 0.4) is 0 Å². The van der Waals surface area contributed by atoms with Crippen LogP contribution in [-0.4, -0.2) is 43.5 Å². The number of thioether (sulfide) groups is 1. The summed E-state index contributed by atoms with van der Waals surface area (Å²) in [5.74, 6) is 0.0407. The van der Waals surface area contributed by atoms with Crippen molar-refractivity contribution in [1.82, 2.24) is 4.31 Å². The van der Waals surface area contributed by atoms with Gasteiger partial charge in [-0.2, -0.15) is 4.31 Å². The van der Waals surface area contributed by atoms with E-state index in [1.807, 2.05) is 24.3 Å². The Kier molecular flexibility index (Phi) is 4.12. The van der Waals surface area contributed by atoms with E-state index in [0.29, 0.717) is 12.3 Å². The van der Waals surface area contributed by atoms with Crippen LogP contribution in [0.25, 0.3) is 10.8 Å². The number of rotatable bonds is 3. The standard InChI is InChI=1S/C15H15NO4S2/c1-20-15(17)14-16(8-9-21-14)22(18,19)13-7-6-11-4-2-3-5-12(11)10-13/h2-7,10,14H,8-9H2,1H3. The Bertz CT molecular complexity index is 819. The summed E-state index contributed by atoms with van der Waals surface area (Å²) in [7, 11) is -2.46. The van der Waals surface area contributed by atoms with Crippen LogP contribution in [-0.2, 0) is 19.6 Å². The third-order valence-corrected chi connectivity index (χ3v) is 6.75. The number of methoxy groups -OCH3 is 1. The SMILES string of the molecule is COC(=O)C1SCCN1S(=O)(=O)c1ccc2ccccc2c1. The van der Waals surface area contributed by atoms with Crippen LogP contribution >= 0.6 is 11.8 Å². The monoisotopic (exact) mass is 337 g/mol. The summed E-state index contributed by atoms with van der Waals surface area (Å²) >= 11 is 1.28. The van der Waals surface area contributed by atoms with Crippen molar-refractivity contribution >= 4 is 38.5 Å². The van der Waals surface area contributed by atoms with E-state index in [4.69, 9.17) is 4.74 Å². The molecule has 1 saturated heterocycles. The molecule has 5 nitrogen and oxygen atoms in total. The second-order valence-corrected chi connectivity index (χ2v) is 7.95. The van der Waals surface area contributed by atoms with E-state index >= 15 is 0 Å². The predicted octanol–water partition coefficient (Wildman–Crippen LogP) is 2.08. The number of hydrogen-bond donors (Lipinski definition) is 0. The van der Waals surface area contributed by atoms with Gasteiger partial charge in [0.05, 0.1) is 12.0 Å². The van der Waals surface area contributed by atoms with Gasteiger partial charge < -0.3 is 4.74 Å². The zero-order chi connectivity index (χ0) is 15.7. The zero-order valence-corrected chi connectivity index (χ0v) is 13.6. The Morgan fingerprint density at radius 3 is 2.68 bits per heavy atom. The molecule has 1 atom stereocenters. The number of ether oxygens (including phenoxy) is 1. The molecule has 2 aromatic carbocycles. The number of sulfonamides is 1. The average molecular weight is 337 g/mol. The largest absolute Gasteiger partial charge is 0.467 e. The Morgan fingerprint density at radius 2 is 1.95 bits per heavy atom. The molecule has 0 radical (unpaired) electrons. The molecule has 2 aromatic rings. The average Bonchev–Trinajstić information content (AvgIpc) is 3.04. The van der Waals surface area contributed by atoms with Gasteiger partial charge in [-0.1, -0.05) is 30.3 Å². The summed E-state index contributed by atoms with van der Waals surface area (Å²) in [6.07, 6.45) is 0. The highest BCUT2D eigenvalue weighted by Gasteiger charge is 2.40. The molecule has 0 bridgehead atoms. The molecular formula is C15H15NO4S2. The number of carbonyl (C=O) groups is 1. The summed E-state index contributed by atoms with van der Waals surface area (Å²) in [6, 6.07) is 12.6. The molecule has 1 aliphatic rings. The number of esters is 1. The molecule has 1 aliphatic heterocycles. The topological polar surface area (TPSA) is 63.7 Å². The zero-order valence-electron chi connectivity index (χ0n) is 11.9. The van der Waals surface area contributed by atoms with Gasteiger partial charge in [0.2, 0.25) is 10.0 Å². The highest BCUT2D eigenvalue weighted by Crippen LogP contribution is 2.31. The van der Waals surface area contributed by atoms with Crippen molar-refractivity contribution in [3.8, 4) is 0 Å². The summed E-state index contributed by atoms with van der Waals surface area (Å²) < 4.78 is 31.5. The lowest BCUT2D eigenvalue weighted by molar-refractivity contribution is -0.141. The van der Waals surface area contributed by atoms with Crippen LogP contribution in [0.2, 0.25) is 0 Å². The Balaban J connectivity index is 2.02. The maximum Gasteiger partial charge on any atom is 0.334 e. The first kappa shape index (κ1) is 15.3. The fraction of sp³-hybridized carbons (Fsp3) is 0.267. The fourth-order valence-corrected chi connectivity index (χ4v) is 5.57. The van der Waals surface area contributed by atoms with Gasteiger partial charge in [-0.3, -0.25) is 0 Å². The van der Waals surface area contributed by atoms with E-state index in [1.165, 1.54) is 23.2 Å². The lowest BCUT2D eigenvalue weighted by atomic mass is 10.1. The Labute approximate surface area is 133 Å². The molecule has 0 aromatic heterocycles. The molecule has 1 unspecified atom stereocenters. The Hall–Kier alpha value is -1.57. The van der Waals surface area contributed by atoms with Crippen LogP contribution in [0.1, 0.15) is 0 Å². The van der Waals surface area contributed by atoms with Crippen molar-refractivity contribution in [3.63, 3.8) is 0 Å². The quantitative estimate of drug-likeness (QED) is 0.803. The number of carbonyl (C=O) groups excluding carboxylic acids is 1. The van der Waals surface area contributed by atoms with Crippen molar-refractivity contribution in [2.45, 2.75) is 10.3 Å². The van der Waals surface area contributed by atoms with Gasteiger partial charge in [-0.05, 0) is 22.9 Å². The maximum absolute atomic E-state index is 12.8. The van der Waals surface area contributed by atoms with Crippen molar-refractivity contribution < 1.29 is 17.9 Å². The van der Waals surface area contributed by atoms with Crippen molar-refractivity contribution in [2.24, 2.45) is 0 Å². The van der Waals surface area contributed by atoms with E-state index in [1.54, 1.807) is 18.2 Å². The second-order valence-electron chi connectivity index (χ2n) is 4.87. The number of fused-ring (bicyclic) bond motifs is 1. The van der Waals surface area contributed by atoms with Gasteiger partial charge in [-0.15, -0.1) is 11.8 Å². The summed E-state index contributed by atoms with van der Waals surface area (Å²) in [6.45, 7) is 0.305. The van der Waals surface area contributed by atoms with Gasteiger partial charge in [0, 0.05) is 12.3 Å². The first-order valence-electron chi connectivity index (χ1n) is 6.74. The summed E-state index contributed by atoms with van der Waals surface area (Å²) in [4.78, 5) is 12.0. The van der Waals surface area contributed by atoms with E-state index in [9.17, 15) is 13.2 Å². The molecule has 0 saturated carbocycles. The molecule has 0 N–H and O–H groups in total. The molecule has 0 spiro atoms. The van der Waals surface area contributed by atoms with Gasteiger partial charge in [0.1, 0.15) is 0 Å². The maximum atomic E-state index is 12.8. The van der Waals surface area contributed by atoms with E-state index in [2.05, 4.69) is 0 Å². The highest BCUT2D eigenvalue weighted by molar-refractivity contribution is 8.02. The van der Waals surface area contributed by atoms with E-state index in [0.717, 1.165) is 10.8 Å². The van der Waals surface area contributed by atoms with Crippen LogP contribution in [0, 0.1) is 0 Å². The molecular weight excluding hydrogens is 322 g/mol. The minimum absolute atomic E-state index is 0.197. The molecule has 1 heterocycles. The molecule has 0 aliphatic carbocycles. The first-order chi connectivity index (χ1) is 10.5. The van der Waals surface area contributed by atoms with Crippen molar-refractivity contribution in [2.75, 3.05) is 19.4 Å². The predicted molar refractivity (Wildman–Crippen MR) is 86.1 cm³/mol. The Morgan fingerprint density at radius 1 is 1.23 bits per heavy atom. The first-order valence-corrected chi connectivity index (χ1v) is 9.23. The number of nitrogens with zero attached hydrogens (tertiary/aromatic N) is 1. The van der Waals surface area contributed by atoms with Crippen LogP contribution in [0.15, 0.2) is 47.4 Å². The molecule has 22 heavy (non-hydrogen) atoms. The summed E-state index contributed by atoms with van der Waals surface area (Å²) in [5, 5.41) is 1.02. The third-order valence-electron chi connectivity index (χ3n) is 3.58. The third kappa shape index (κ3) is 2.60. The minimum atomic E-state index is -3.72. The van der Waals surface area contributed by atoms with Gasteiger partial charge in [0.15, 0.2) is 5.37 Å². The van der Waals surface area contributed by atoms with Gasteiger partial charge in [-0.25, -0.2) is 13.2 Å². The van der Waals surface area contributed by atoms with Crippen molar-refractivity contribution in [3.05, 3.63) is 42.5 Å². The number of benzene rings is 2. The van der Waals surface area contributed by atoms with Gasteiger partial charge >= 0.3 is 5.97 Å². The van der Waals surface area contributed by atoms with E-state index in [-0.39, 0.29) is 4.90 Å². The molecule has 116 valence electrons.